The third kappa shape index (κ3) is 3.39. The second-order valence-electron chi connectivity index (χ2n) is 4.87. The number of aliphatic hydroxyl groups excluding tert-OH is 1. The van der Waals surface area contributed by atoms with Crippen LogP contribution in [0.1, 0.15) is 25.3 Å². The summed E-state index contributed by atoms with van der Waals surface area (Å²) >= 11 is 0. The molecule has 106 valence electrons. The fourth-order valence-electron chi connectivity index (χ4n) is 2.63. The zero-order valence-corrected chi connectivity index (χ0v) is 11.8. The molecule has 0 spiro atoms. The molecule has 0 aromatic heterocycles. The van der Waals surface area contributed by atoms with Crippen molar-refractivity contribution in [1.82, 2.24) is 4.90 Å². The van der Waals surface area contributed by atoms with Crippen molar-refractivity contribution in [2.24, 2.45) is 0 Å². The zero-order valence-electron chi connectivity index (χ0n) is 11.8. The number of likely N-dealkylation sites (tertiary alicyclic amines) is 1. The molecule has 1 fully saturated rings. The van der Waals surface area contributed by atoms with Gasteiger partial charge in [-0.05, 0) is 44.0 Å². The summed E-state index contributed by atoms with van der Waals surface area (Å²) in [7, 11) is 1.65. The Kier molecular flexibility index (Phi) is 5.05. The number of hydrogen-bond acceptors (Lipinski definition) is 4. The lowest BCUT2D eigenvalue weighted by molar-refractivity contribution is 0.153. The van der Waals surface area contributed by atoms with E-state index in [0.717, 1.165) is 31.0 Å². The molecule has 1 heterocycles. The highest BCUT2D eigenvalue weighted by molar-refractivity contribution is 5.43. The molecule has 0 radical (unpaired) electrons. The molecule has 1 aromatic rings. The highest BCUT2D eigenvalue weighted by atomic mass is 16.5. The van der Waals surface area contributed by atoms with Crippen LogP contribution in [0.2, 0.25) is 0 Å². The second-order valence-corrected chi connectivity index (χ2v) is 4.87. The monoisotopic (exact) mass is 265 g/mol. The maximum Gasteiger partial charge on any atom is 0.161 e. The molecular weight excluding hydrogens is 242 g/mol. The summed E-state index contributed by atoms with van der Waals surface area (Å²) in [5, 5.41) is 9.35. The van der Waals surface area contributed by atoms with Gasteiger partial charge in [0.15, 0.2) is 11.5 Å². The lowest BCUT2D eigenvalue weighted by Crippen LogP contribution is -2.31. The van der Waals surface area contributed by atoms with E-state index in [2.05, 4.69) is 11.0 Å². The Hall–Kier alpha value is -1.26. The number of rotatable bonds is 6. The van der Waals surface area contributed by atoms with Gasteiger partial charge in [0.1, 0.15) is 0 Å². The quantitative estimate of drug-likeness (QED) is 0.855. The van der Waals surface area contributed by atoms with Crippen LogP contribution in [0.15, 0.2) is 18.2 Å². The molecule has 1 aromatic carbocycles. The average molecular weight is 265 g/mol. The zero-order chi connectivity index (χ0) is 13.7. The van der Waals surface area contributed by atoms with Gasteiger partial charge >= 0.3 is 0 Å². The molecule has 0 saturated carbocycles. The molecule has 2 rings (SSSR count). The summed E-state index contributed by atoms with van der Waals surface area (Å²) in [6.45, 7) is 4.75. The van der Waals surface area contributed by atoms with E-state index in [0.29, 0.717) is 12.6 Å². The molecule has 0 bridgehead atoms. The smallest absolute Gasteiger partial charge is 0.161 e. The fraction of sp³-hybridized carbons (Fsp3) is 0.600. The van der Waals surface area contributed by atoms with Crippen LogP contribution in [0.4, 0.5) is 0 Å². The summed E-state index contributed by atoms with van der Waals surface area (Å²) < 4.78 is 10.9. The molecule has 0 unspecified atom stereocenters. The first kappa shape index (κ1) is 14.2. The molecule has 1 saturated heterocycles. The van der Waals surface area contributed by atoms with Crippen LogP contribution in [0.25, 0.3) is 0 Å². The summed E-state index contributed by atoms with van der Waals surface area (Å²) in [4.78, 5) is 2.33. The minimum absolute atomic E-state index is 0.245. The Morgan fingerprint density at radius 3 is 2.89 bits per heavy atom. The first-order chi connectivity index (χ1) is 9.28. The van der Waals surface area contributed by atoms with E-state index < -0.39 is 0 Å². The van der Waals surface area contributed by atoms with E-state index in [-0.39, 0.29) is 6.61 Å². The van der Waals surface area contributed by atoms with Crippen LogP contribution < -0.4 is 9.47 Å². The van der Waals surface area contributed by atoms with Crippen LogP contribution in [-0.2, 0) is 6.54 Å². The van der Waals surface area contributed by atoms with Gasteiger partial charge in [0.2, 0.25) is 0 Å². The van der Waals surface area contributed by atoms with Gasteiger partial charge in [-0.1, -0.05) is 6.07 Å². The normalized spacial score (nSPS) is 19.6. The number of ether oxygens (including phenoxy) is 2. The number of aliphatic hydroxyl groups is 1. The molecule has 1 atom stereocenters. The van der Waals surface area contributed by atoms with Crippen LogP contribution >= 0.6 is 0 Å². The van der Waals surface area contributed by atoms with E-state index in [9.17, 15) is 5.11 Å². The van der Waals surface area contributed by atoms with Gasteiger partial charge in [-0.3, -0.25) is 4.90 Å². The third-order valence-electron chi connectivity index (χ3n) is 3.62. The Bertz CT molecular complexity index is 408. The topological polar surface area (TPSA) is 41.9 Å². The second kappa shape index (κ2) is 6.78. The summed E-state index contributed by atoms with van der Waals surface area (Å²) in [6, 6.07) is 6.35. The Balaban J connectivity index is 2.09. The summed E-state index contributed by atoms with van der Waals surface area (Å²) in [5.74, 6) is 1.56. The predicted molar refractivity (Wildman–Crippen MR) is 74.7 cm³/mol. The molecule has 4 nitrogen and oxygen atoms in total. The number of nitrogens with zero attached hydrogens (tertiary/aromatic N) is 1. The molecule has 0 amide bonds. The standard InChI is InChI=1S/C15H23NO3/c1-3-19-15-9-12(6-7-14(15)18-2)10-16-8-4-5-13(16)11-17/h6-7,9,13,17H,3-5,8,10-11H2,1-2H3/t13-/m1/s1. The van der Waals surface area contributed by atoms with Crippen molar-refractivity contribution in [3.63, 3.8) is 0 Å². The van der Waals surface area contributed by atoms with Crippen LogP contribution in [-0.4, -0.2) is 42.9 Å². The Labute approximate surface area is 114 Å². The molecule has 0 aliphatic carbocycles. The van der Waals surface area contributed by atoms with Gasteiger partial charge < -0.3 is 14.6 Å². The molecule has 1 aliphatic heterocycles. The Morgan fingerprint density at radius 1 is 1.37 bits per heavy atom. The van der Waals surface area contributed by atoms with Crippen molar-refractivity contribution < 1.29 is 14.6 Å². The maximum absolute atomic E-state index is 9.35. The van der Waals surface area contributed by atoms with E-state index in [1.165, 1.54) is 12.0 Å². The lowest BCUT2D eigenvalue weighted by Gasteiger charge is -2.23. The molecule has 1 N–H and O–H groups in total. The van der Waals surface area contributed by atoms with Crippen molar-refractivity contribution in [3.8, 4) is 11.5 Å². The SMILES string of the molecule is CCOc1cc(CN2CCC[C@@H]2CO)ccc1OC. The third-order valence-corrected chi connectivity index (χ3v) is 3.62. The van der Waals surface area contributed by atoms with Crippen molar-refractivity contribution in [3.05, 3.63) is 23.8 Å². The van der Waals surface area contributed by atoms with Gasteiger partial charge in [0.05, 0.1) is 20.3 Å². The number of hydrogen-bond donors (Lipinski definition) is 1. The molecule has 19 heavy (non-hydrogen) atoms. The molecular formula is C15H23NO3. The van der Waals surface area contributed by atoms with Crippen molar-refractivity contribution in [2.75, 3.05) is 26.9 Å². The van der Waals surface area contributed by atoms with Gasteiger partial charge in [-0.15, -0.1) is 0 Å². The van der Waals surface area contributed by atoms with Crippen LogP contribution in [0.5, 0.6) is 11.5 Å². The first-order valence-electron chi connectivity index (χ1n) is 6.93. The van der Waals surface area contributed by atoms with E-state index in [4.69, 9.17) is 9.47 Å². The Morgan fingerprint density at radius 2 is 2.21 bits per heavy atom. The van der Waals surface area contributed by atoms with E-state index in [1.807, 2.05) is 19.1 Å². The van der Waals surface area contributed by atoms with E-state index in [1.54, 1.807) is 7.11 Å². The van der Waals surface area contributed by atoms with E-state index >= 15 is 0 Å². The van der Waals surface area contributed by atoms with Gasteiger partial charge in [-0.2, -0.15) is 0 Å². The number of methoxy groups -OCH3 is 1. The average Bonchev–Trinajstić information content (AvgIpc) is 2.87. The molecule has 1 aliphatic rings. The fourth-order valence-corrected chi connectivity index (χ4v) is 2.63. The van der Waals surface area contributed by atoms with Gasteiger partial charge in [0, 0.05) is 12.6 Å². The van der Waals surface area contributed by atoms with Gasteiger partial charge in [-0.25, -0.2) is 0 Å². The minimum atomic E-state index is 0.245. The minimum Gasteiger partial charge on any atom is -0.493 e. The highest BCUT2D eigenvalue weighted by Gasteiger charge is 2.23. The summed E-state index contributed by atoms with van der Waals surface area (Å²) in [6.07, 6.45) is 2.25. The van der Waals surface area contributed by atoms with Gasteiger partial charge in [0.25, 0.3) is 0 Å². The largest absolute Gasteiger partial charge is 0.493 e. The number of benzene rings is 1. The van der Waals surface area contributed by atoms with Crippen LogP contribution in [0, 0.1) is 0 Å². The maximum atomic E-state index is 9.35. The summed E-state index contributed by atoms with van der Waals surface area (Å²) in [5.41, 5.74) is 1.20. The van der Waals surface area contributed by atoms with Crippen molar-refractivity contribution in [1.29, 1.82) is 0 Å². The van der Waals surface area contributed by atoms with Crippen molar-refractivity contribution >= 4 is 0 Å². The van der Waals surface area contributed by atoms with Crippen LogP contribution in [0.3, 0.4) is 0 Å². The van der Waals surface area contributed by atoms with Crippen molar-refractivity contribution in [2.45, 2.75) is 32.4 Å². The first-order valence-corrected chi connectivity index (χ1v) is 6.93. The predicted octanol–water partition coefficient (Wildman–Crippen LogP) is 2.05. The molecule has 4 heteroatoms. The lowest BCUT2D eigenvalue weighted by atomic mass is 10.1. The highest BCUT2D eigenvalue weighted by Crippen LogP contribution is 2.29.